The number of anilines is 1. The zero-order valence-corrected chi connectivity index (χ0v) is 12.8. The Balaban J connectivity index is 1.79. The standard InChI is InChI=1S/C15H18BrN3O/c16-12-5-4-11-2-1-3-15(14(11)8-12)18-13-9-17-19(10-13)6-7-20/h4-5,8-10,15,18,20H,1-3,6-7H2. The topological polar surface area (TPSA) is 50.1 Å². The number of benzene rings is 1. The molecule has 4 nitrogen and oxygen atoms in total. The predicted molar refractivity (Wildman–Crippen MR) is 82.8 cm³/mol. The number of aromatic nitrogens is 2. The highest BCUT2D eigenvalue weighted by Gasteiger charge is 2.20. The molecule has 2 N–H and O–H groups in total. The molecule has 0 aliphatic heterocycles. The third-order valence-corrected chi connectivity index (χ3v) is 4.22. The van der Waals surface area contributed by atoms with E-state index in [-0.39, 0.29) is 6.61 Å². The summed E-state index contributed by atoms with van der Waals surface area (Å²) in [5.74, 6) is 0. The molecule has 1 heterocycles. The van der Waals surface area contributed by atoms with Crippen molar-refractivity contribution in [3.8, 4) is 0 Å². The summed E-state index contributed by atoms with van der Waals surface area (Å²) in [7, 11) is 0. The van der Waals surface area contributed by atoms with Crippen LogP contribution in [-0.2, 0) is 13.0 Å². The van der Waals surface area contributed by atoms with Crippen molar-refractivity contribution in [2.75, 3.05) is 11.9 Å². The van der Waals surface area contributed by atoms with Gasteiger partial charge in [-0.25, -0.2) is 0 Å². The fourth-order valence-corrected chi connectivity index (χ4v) is 3.16. The second kappa shape index (κ2) is 5.97. The van der Waals surface area contributed by atoms with Gasteiger partial charge >= 0.3 is 0 Å². The Morgan fingerprint density at radius 3 is 3.20 bits per heavy atom. The van der Waals surface area contributed by atoms with Crippen molar-refractivity contribution in [3.05, 3.63) is 46.2 Å². The Bertz CT molecular complexity index is 597. The molecule has 0 saturated carbocycles. The van der Waals surface area contributed by atoms with Gasteiger partial charge in [-0.2, -0.15) is 5.10 Å². The number of halogens is 1. The van der Waals surface area contributed by atoms with Gasteiger partial charge in [-0.3, -0.25) is 4.68 Å². The molecule has 0 fully saturated rings. The predicted octanol–water partition coefficient (Wildman–Crippen LogP) is 3.13. The van der Waals surface area contributed by atoms with Crippen molar-refractivity contribution < 1.29 is 5.11 Å². The molecule has 1 aromatic carbocycles. The van der Waals surface area contributed by atoms with Crippen LogP contribution in [0, 0.1) is 0 Å². The highest BCUT2D eigenvalue weighted by atomic mass is 79.9. The molecule has 0 amide bonds. The summed E-state index contributed by atoms with van der Waals surface area (Å²) in [6.07, 6.45) is 7.26. The Morgan fingerprint density at radius 1 is 1.45 bits per heavy atom. The van der Waals surface area contributed by atoms with E-state index >= 15 is 0 Å². The van der Waals surface area contributed by atoms with Gasteiger partial charge in [0, 0.05) is 10.7 Å². The first kappa shape index (κ1) is 13.6. The smallest absolute Gasteiger partial charge is 0.0731 e. The van der Waals surface area contributed by atoms with Gasteiger partial charge in [-0.15, -0.1) is 0 Å². The highest BCUT2D eigenvalue weighted by Crippen LogP contribution is 2.34. The largest absolute Gasteiger partial charge is 0.394 e. The van der Waals surface area contributed by atoms with Gasteiger partial charge in [0.2, 0.25) is 0 Å². The van der Waals surface area contributed by atoms with Crippen molar-refractivity contribution in [2.45, 2.75) is 31.8 Å². The van der Waals surface area contributed by atoms with Crippen molar-refractivity contribution in [1.82, 2.24) is 9.78 Å². The molecule has 0 radical (unpaired) electrons. The van der Waals surface area contributed by atoms with E-state index in [2.05, 4.69) is 44.5 Å². The van der Waals surface area contributed by atoms with E-state index in [9.17, 15) is 0 Å². The van der Waals surface area contributed by atoms with Crippen LogP contribution >= 0.6 is 15.9 Å². The zero-order valence-electron chi connectivity index (χ0n) is 11.2. The molecule has 5 heteroatoms. The minimum absolute atomic E-state index is 0.111. The van der Waals surface area contributed by atoms with Gasteiger partial charge in [-0.1, -0.05) is 22.0 Å². The van der Waals surface area contributed by atoms with Crippen molar-refractivity contribution >= 4 is 21.6 Å². The molecule has 1 unspecified atom stereocenters. The number of hydrogen-bond acceptors (Lipinski definition) is 3. The SMILES string of the molecule is OCCn1cc(NC2CCCc3ccc(Br)cc32)cn1. The summed E-state index contributed by atoms with van der Waals surface area (Å²) < 4.78 is 2.88. The van der Waals surface area contributed by atoms with E-state index in [0.717, 1.165) is 23.0 Å². The van der Waals surface area contributed by atoms with Crippen LogP contribution in [0.15, 0.2) is 35.1 Å². The van der Waals surface area contributed by atoms with Crippen molar-refractivity contribution in [2.24, 2.45) is 0 Å². The summed E-state index contributed by atoms with van der Waals surface area (Å²) in [6.45, 7) is 0.648. The summed E-state index contributed by atoms with van der Waals surface area (Å²) >= 11 is 3.56. The number of nitrogens with one attached hydrogen (secondary N) is 1. The molecule has 2 aromatic rings. The molecule has 106 valence electrons. The average molecular weight is 336 g/mol. The molecule has 0 spiro atoms. The van der Waals surface area contributed by atoms with Gasteiger partial charge in [0.05, 0.1) is 31.1 Å². The normalized spacial score (nSPS) is 17.8. The monoisotopic (exact) mass is 335 g/mol. The lowest BCUT2D eigenvalue weighted by Gasteiger charge is -2.27. The summed E-state index contributed by atoms with van der Waals surface area (Å²) in [6, 6.07) is 6.87. The number of fused-ring (bicyclic) bond motifs is 1. The first-order valence-corrected chi connectivity index (χ1v) is 7.74. The first-order valence-electron chi connectivity index (χ1n) is 6.94. The van der Waals surface area contributed by atoms with Gasteiger partial charge in [0.1, 0.15) is 0 Å². The van der Waals surface area contributed by atoms with Crippen LogP contribution in [-0.4, -0.2) is 21.5 Å². The van der Waals surface area contributed by atoms with Crippen LogP contribution in [0.5, 0.6) is 0 Å². The molecule has 1 aliphatic rings. The molecule has 20 heavy (non-hydrogen) atoms. The number of rotatable bonds is 4. The van der Waals surface area contributed by atoms with Gasteiger partial charge in [0.25, 0.3) is 0 Å². The van der Waals surface area contributed by atoms with Gasteiger partial charge in [-0.05, 0) is 42.5 Å². The lowest BCUT2D eigenvalue weighted by Crippen LogP contribution is -2.17. The van der Waals surface area contributed by atoms with Crippen molar-refractivity contribution in [1.29, 1.82) is 0 Å². The third kappa shape index (κ3) is 2.88. The second-order valence-corrected chi connectivity index (χ2v) is 6.06. The molecule has 1 aliphatic carbocycles. The number of aliphatic hydroxyl groups excluding tert-OH is 1. The Kier molecular flexibility index (Phi) is 4.08. The van der Waals surface area contributed by atoms with E-state index in [1.54, 1.807) is 4.68 Å². The van der Waals surface area contributed by atoms with Gasteiger partial charge < -0.3 is 10.4 Å². The van der Waals surface area contributed by atoms with Crippen molar-refractivity contribution in [3.63, 3.8) is 0 Å². The molecule has 1 atom stereocenters. The van der Waals surface area contributed by atoms with E-state index in [4.69, 9.17) is 5.11 Å². The fraction of sp³-hybridized carbons (Fsp3) is 0.400. The maximum atomic E-state index is 8.92. The lowest BCUT2D eigenvalue weighted by atomic mass is 9.88. The maximum absolute atomic E-state index is 8.92. The molecule has 0 saturated heterocycles. The molecular formula is C15H18BrN3O. The van der Waals surface area contributed by atoms with Crippen LogP contribution in [0.4, 0.5) is 5.69 Å². The zero-order chi connectivity index (χ0) is 13.9. The Labute approximate surface area is 126 Å². The first-order chi connectivity index (χ1) is 9.76. The number of aryl methyl sites for hydroxylation is 1. The minimum Gasteiger partial charge on any atom is -0.394 e. The minimum atomic E-state index is 0.111. The maximum Gasteiger partial charge on any atom is 0.0731 e. The van der Waals surface area contributed by atoms with E-state index in [0.29, 0.717) is 12.6 Å². The van der Waals surface area contributed by atoms with E-state index in [1.165, 1.54) is 17.5 Å². The quantitative estimate of drug-likeness (QED) is 0.902. The average Bonchev–Trinajstić information content (AvgIpc) is 2.87. The van der Waals surface area contributed by atoms with Crippen LogP contribution in [0.3, 0.4) is 0 Å². The summed E-state index contributed by atoms with van der Waals surface area (Å²) in [5.41, 5.74) is 3.82. The number of nitrogens with zero attached hydrogens (tertiary/aromatic N) is 2. The van der Waals surface area contributed by atoms with E-state index < -0.39 is 0 Å². The third-order valence-electron chi connectivity index (χ3n) is 3.73. The fourth-order valence-electron chi connectivity index (χ4n) is 2.78. The number of hydrogen-bond donors (Lipinski definition) is 2. The van der Waals surface area contributed by atoms with Gasteiger partial charge in [0.15, 0.2) is 0 Å². The van der Waals surface area contributed by atoms with Crippen LogP contribution in [0.1, 0.15) is 30.0 Å². The molecule has 1 aromatic heterocycles. The Morgan fingerprint density at radius 2 is 2.35 bits per heavy atom. The van der Waals surface area contributed by atoms with E-state index in [1.807, 2.05) is 12.4 Å². The molecule has 3 rings (SSSR count). The summed E-state index contributed by atoms with van der Waals surface area (Å²) in [4.78, 5) is 0. The van der Waals surface area contributed by atoms with Crippen LogP contribution in [0.25, 0.3) is 0 Å². The highest BCUT2D eigenvalue weighted by molar-refractivity contribution is 9.10. The second-order valence-electron chi connectivity index (χ2n) is 5.15. The number of aliphatic hydroxyl groups is 1. The van der Waals surface area contributed by atoms with Crippen LogP contribution in [0.2, 0.25) is 0 Å². The lowest BCUT2D eigenvalue weighted by molar-refractivity contribution is 0.269. The van der Waals surface area contributed by atoms with Crippen LogP contribution < -0.4 is 5.32 Å². The molecular weight excluding hydrogens is 318 g/mol. The summed E-state index contributed by atoms with van der Waals surface area (Å²) in [5, 5.41) is 16.7. The molecule has 0 bridgehead atoms. The Hall–Kier alpha value is -1.33.